The number of rotatable bonds is 17. The number of nitrogen functional groups attached to an aromatic ring is 1. The van der Waals surface area contributed by atoms with E-state index in [-0.39, 0.29) is 18.4 Å². The first kappa shape index (κ1) is 41.0. The SMILES string of the molecule is CCCC(C(=O)NC=O)N1Cc2c(NC(=O)CCCNCCN=C/C(CNC)=N\N)cccc2C1=O.COC.Nc1ccc(C=O)cc1. The fraction of sp³-hybridized carbons (Fsp3) is 0.424. The third-order valence-corrected chi connectivity index (χ3v) is 6.72. The Morgan fingerprint density at radius 1 is 1.10 bits per heavy atom. The molecule has 1 heterocycles. The fourth-order valence-electron chi connectivity index (χ4n) is 4.48. The van der Waals surface area contributed by atoms with Gasteiger partial charge in [0.15, 0.2) is 0 Å². The minimum atomic E-state index is -0.753. The maximum absolute atomic E-state index is 13.0. The van der Waals surface area contributed by atoms with Gasteiger partial charge in [-0.2, -0.15) is 5.10 Å². The van der Waals surface area contributed by atoms with E-state index in [9.17, 15) is 24.0 Å². The smallest absolute Gasteiger partial charge is 0.255 e. The predicted molar refractivity (Wildman–Crippen MR) is 188 cm³/mol. The first-order valence-corrected chi connectivity index (χ1v) is 15.5. The number of aldehydes is 1. The van der Waals surface area contributed by atoms with Gasteiger partial charge >= 0.3 is 0 Å². The number of carbonyl (C=O) groups excluding carboxylic acids is 5. The van der Waals surface area contributed by atoms with Crippen molar-refractivity contribution in [3.05, 3.63) is 59.2 Å². The summed E-state index contributed by atoms with van der Waals surface area (Å²) < 4.78 is 4.25. The number of anilines is 2. The van der Waals surface area contributed by atoms with E-state index in [4.69, 9.17) is 11.6 Å². The molecule has 0 saturated carbocycles. The first-order chi connectivity index (χ1) is 23.2. The molecular weight excluding hydrogens is 618 g/mol. The molecule has 15 heteroatoms. The lowest BCUT2D eigenvalue weighted by atomic mass is 10.1. The van der Waals surface area contributed by atoms with E-state index in [0.29, 0.717) is 92.0 Å². The fourth-order valence-corrected chi connectivity index (χ4v) is 4.48. The molecule has 2 aromatic rings. The Morgan fingerprint density at radius 3 is 2.42 bits per heavy atom. The van der Waals surface area contributed by atoms with E-state index in [1.807, 2.05) is 6.92 Å². The molecule has 0 saturated heterocycles. The lowest BCUT2D eigenvalue weighted by Gasteiger charge is -2.25. The number of carbonyl (C=O) groups is 5. The monoisotopic (exact) mass is 667 g/mol. The lowest BCUT2D eigenvalue weighted by molar-refractivity contribution is -0.129. The number of aliphatic imine (C=N–C) groups is 1. The number of nitrogens with two attached hydrogens (primary N) is 2. The molecule has 2 aromatic carbocycles. The standard InChI is InChI=1S/C24H36N8O4.C7H7NO.C2H6O/c1-3-6-21(23(35)29-16-33)32-15-19-18(24(32)36)7-4-8-20(19)30-22(34)9-5-10-27-11-12-28-14-17(31-25)13-26-2;8-7-3-1-6(5-9)2-4-7;1-3-2/h4,7-8,14,16,21,26-27H,3,5-6,9-13,15,25H2,1-2H3,(H,30,34)(H,29,33,35);1-5H,8H2;1-2H3/b28-14?,31-17-;;. The summed E-state index contributed by atoms with van der Waals surface area (Å²) >= 11 is 0. The number of fused-ring (bicyclic) bond motifs is 1. The average molecular weight is 668 g/mol. The van der Waals surface area contributed by atoms with Gasteiger partial charge in [-0.05, 0) is 62.8 Å². The van der Waals surface area contributed by atoms with Crippen LogP contribution in [-0.4, -0.2) is 101 Å². The highest BCUT2D eigenvalue weighted by Crippen LogP contribution is 2.31. The van der Waals surface area contributed by atoms with Crippen LogP contribution in [0, 0.1) is 0 Å². The minimum absolute atomic E-state index is 0.159. The zero-order valence-corrected chi connectivity index (χ0v) is 28.2. The summed E-state index contributed by atoms with van der Waals surface area (Å²) in [6.07, 6.45) is 4.79. The number of benzene rings is 2. The maximum Gasteiger partial charge on any atom is 0.255 e. The third-order valence-electron chi connectivity index (χ3n) is 6.72. The molecule has 0 fully saturated rings. The molecule has 15 nitrogen and oxygen atoms in total. The summed E-state index contributed by atoms with van der Waals surface area (Å²) in [6, 6.07) is 11.1. The van der Waals surface area contributed by atoms with Crippen LogP contribution in [0.15, 0.2) is 52.6 Å². The van der Waals surface area contributed by atoms with Crippen molar-refractivity contribution in [3.63, 3.8) is 0 Å². The second-order valence-electron chi connectivity index (χ2n) is 10.5. The number of hydrazone groups is 1. The Hall–Kier alpha value is -4.99. The second kappa shape index (κ2) is 24.2. The normalized spacial score (nSPS) is 12.6. The number of hydrogen-bond acceptors (Lipinski definition) is 12. The molecule has 1 atom stereocenters. The maximum atomic E-state index is 13.0. The Morgan fingerprint density at radius 2 is 1.81 bits per heavy atom. The third kappa shape index (κ3) is 14.6. The predicted octanol–water partition coefficient (Wildman–Crippen LogP) is 1.34. The van der Waals surface area contributed by atoms with E-state index < -0.39 is 11.9 Å². The van der Waals surface area contributed by atoms with Gasteiger partial charge in [0.1, 0.15) is 12.3 Å². The molecule has 8 N–H and O–H groups in total. The second-order valence-corrected chi connectivity index (χ2v) is 10.5. The van der Waals surface area contributed by atoms with Crippen LogP contribution in [0.4, 0.5) is 11.4 Å². The number of nitrogens with zero attached hydrogens (tertiary/aromatic N) is 3. The molecule has 0 radical (unpaired) electrons. The van der Waals surface area contributed by atoms with Gasteiger partial charge in [-0.3, -0.25) is 34.3 Å². The van der Waals surface area contributed by atoms with Gasteiger partial charge in [0.05, 0.1) is 12.3 Å². The van der Waals surface area contributed by atoms with Crippen LogP contribution in [-0.2, 0) is 25.7 Å². The molecule has 3 rings (SSSR count). The van der Waals surface area contributed by atoms with E-state index in [0.717, 1.165) is 6.29 Å². The molecule has 1 unspecified atom stereocenters. The van der Waals surface area contributed by atoms with Crippen molar-refractivity contribution < 1.29 is 28.7 Å². The number of hydrogen-bond donors (Lipinski definition) is 6. The molecule has 0 bridgehead atoms. The molecule has 262 valence electrons. The van der Waals surface area contributed by atoms with Gasteiger partial charge in [-0.1, -0.05) is 19.4 Å². The highest BCUT2D eigenvalue weighted by molar-refractivity contribution is 6.31. The Bertz CT molecular complexity index is 1370. The number of imide groups is 1. The van der Waals surface area contributed by atoms with Crippen LogP contribution in [0.2, 0.25) is 0 Å². The molecule has 0 spiro atoms. The average Bonchev–Trinajstić information content (AvgIpc) is 3.41. The van der Waals surface area contributed by atoms with E-state index in [1.165, 1.54) is 4.90 Å². The van der Waals surface area contributed by atoms with Gasteiger partial charge in [-0.25, -0.2) is 0 Å². The van der Waals surface area contributed by atoms with Crippen LogP contribution in [0.5, 0.6) is 0 Å². The van der Waals surface area contributed by atoms with Gasteiger partial charge in [0.25, 0.3) is 5.91 Å². The van der Waals surface area contributed by atoms with Gasteiger partial charge in [-0.15, -0.1) is 0 Å². The Kier molecular flexibility index (Phi) is 20.7. The van der Waals surface area contributed by atoms with Crippen LogP contribution in [0.3, 0.4) is 0 Å². The first-order valence-electron chi connectivity index (χ1n) is 15.5. The summed E-state index contributed by atoms with van der Waals surface area (Å²) in [5.41, 5.74) is 9.05. The molecular formula is C33H49N9O6. The Balaban J connectivity index is 0.000000806. The highest BCUT2D eigenvalue weighted by Gasteiger charge is 2.37. The van der Waals surface area contributed by atoms with E-state index in [1.54, 1.807) is 69.9 Å². The largest absolute Gasteiger partial charge is 0.399 e. The van der Waals surface area contributed by atoms with Crippen LogP contribution < -0.4 is 32.8 Å². The highest BCUT2D eigenvalue weighted by atomic mass is 16.4. The quantitative estimate of drug-likeness (QED) is 0.0355. The van der Waals surface area contributed by atoms with Crippen molar-refractivity contribution in [2.24, 2.45) is 15.9 Å². The van der Waals surface area contributed by atoms with Crippen LogP contribution >= 0.6 is 0 Å². The zero-order valence-electron chi connectivity index (χ0n) is 28.2. The number of methoxy groups -OCH3 is 1. The topological polar surface area (TPSA) is 223 Å². The van der Waals surface area contributed by atoms with Crippen molar-refractivity contribution in [1.29, 1.82) is 0 Å². The minimum Gasteiger partial charge on any atom is -0.399 e. The van der Waals surface area contributed by atoms with Gasteiger partial charge in [0.2, 0.25) is 18.2 Å². The summed E-state index contributed by atoms with van der Waals surface area (Å²) in [6.45, 7) is 4.53. The zero-order chi connectivity index (χ0) is 35.7. The van der Waals surface area contributed by atoms with Crippen LogP contribution in [0.1, 0.15) is 58.9 Å². The summed E-state index contributed by atoms with van der Waals surface area (Å²) in [4.78, 5) is 64.4. The molecule has 4 amide bonds. The molecule has 1 aliphatic heterocycles. The summed E-state index contributed by atoms with van der Waals surface area (Å²) in [5, 5.41) is 14.9. The number of nitrogens with one attached hydrogen (secondary N) is 4. The number of amides is 4. The van der Waals surface area contributed by atoms with Gasteiger partial charge < -0.3 is 37.2 Å². The van der Waals surface area contributed by atoms with Crippen molar-refractivity contribution in [1.82, 2.24) is 20.9 Å². The lowest BCUT2D eigenvalue weighted by Crippen LogP contribution is -2.46. The van der Waals surface area contributed by atoms with E-state index >= 15 is 0 Å². The molecule has 0 aromatic heterocycles. The van der Waals surface area contributed by atoms with Crippen LogP contribution in [0.25, 0.3) is 0 Å². The van der Waals surface area contributed by atoms with Crippen molar-refractivity contribution >= 4 is 53.7 Å². The Labute approximate surface area is 281 Å². The summed E-state index contributed by atoms with van der Waals surface area (Å²) in [7, 11) is 5.05. The van der Waals surface area contributed by atoms with Crippen molar-refractivity contribution in [3.8, 4) is 0 Å². The number of ether oxygens (including phenoxy) is 1. The summed E-state index contributed by atoms with van der Waals surface area (Å²) in [5.74, 6) is 4.31. The molecule has 0 aliphatic carbocycles. The molecule has 48 heavy (non-hydrogen) atoms. The van der Waals surface area contributed by atoms with E-state index in [2.05, 4.69) is 36.1 Å². The van der Waals surface area contributed by atoms with Crippen molar-refractivity contribution in [2.45, 2.75) is 45.2 Å². The molecule has 1 aliphatic rings. The van der Waals surface area contributed by atoms with Gasteiger partial charge in [0, 0.05) is 74.6 Å². The van der Waals surface area contributed by atoms with Crippen molar-refractivity contribution in [2.75, 3.05) is 58.5 Å².